The Morgan fingerprint density at radius 1 is 1.42 bits per heavy atom. The highest BCUT2D eigenvalue weighted by Gasteiger charge is 2.19. The van der Waals surface area contributed by atoms with E-state index in [1.54, 1.807) is 32.2 Å². The van der Waals surface area contributed by atoms with E-state index in [9.17, 15) is 4.79 Å². The second-order valence-corrected chi connectivity index (χ2v) is 5.88. The third-order valence-electron chi connectivity index (χ3n) is 3.83. The van der Waals surface area contributed by atoms with E-state index in [-0.39, 0.29) is 36.4 Å². The lowest BCUT2D eigenvalue weighted by Gasteiger charge is -2.32. The topological polar surface area (TPSA) is 69.2 Å². The molecule has 1 heterocycles. The first-order valence-electron chi connectivity index (χ1n) is 8.14. The van der Waals surface area contributed by atoms with Gasteiger partial charge in [-0.1, -0.05) is 6.08 Å². The predicted molar refractivity (Wildman–Crippen MR) is 109 cm³/mol. The van der Waals surface area contributed by atoms with Gasteiger partial charge < -0.3 is 25.2 Å². The van der Waals surface area contributed by atoms with Crippen molar-refractivity contribution in [3.63, 3.8) is 0 Å². The van der Waals surface area contributed by atoms with Gasteiger partial charge in [0.05, 0.1) is 6.61 Å². The van der Waals surface area contributed by atoms with Crippen LogP contribution >= 0.6 is 24.0 Å². The highest BCUT2D eigenvalue weighted by atomic mass is 127. The molecule has 24 heavy (non-hydrogen) atoms. The molecule has 1 aliphatic rings. The number of hydrogen-bond donors (Lipinski definition) is 2. The van der Waals surface area contributed by atoms with Crippen molar-refractivity contribution >= 4 is 35.8 Å². The van der Waals surface area contributed by atoms with E-state index in [2.05, 4.69) is 27.1 Å². The number of nitrogens with zero attached hydrogens (tertiary/aromatic N) is 3. The number of halogens is 1. The fourth-order valence-electron chi connectivity index (χ4n) is 2.32. The Labute approximate surface area is 162 Å². The molecule has 0 atom stereocenters. The summed E-state index contributed by atoms with van der Waals surface area (Å²) < 4.78 is 5.12. The number of guanidine groups is 1. The minimum absolute atomic E-state index is 0. The molecule has 0 aromatic rings. The van der Waals surface area contributed by atoms with Crippen LogP contribution in [0, 0.1) is 0 Å². The summed E-state index contributed by atoms with van der Waals surface area (Å²) in [6.45, 7) is 8.32. The zero-order valence-corrected chi connectivity index (χ0v) is 17.4. The van der Waals surface area contributed by atoms with Gasteiger partial charge in [0, 0.05) is 53.4 Å². The molecule has 1 fully saturated rings. The summed E-state index contributed by atoms with van der Waals surface area (Å²) in [4.78, 5) is 20.0. The van der Waals surface area contributed by atoms with Gasteiger partial charge in [0.1, 0.15) is 6.54 Å². The summed E-state index contributed by atoms with van der Waals surface area (Å²) in [7, 11) is 5.20. The van der Waals surface area contributed by atoms with Crippen molar-refractivity contribution in [1.29, 1.82) is 0 Å². The van der Waals surface area contributed by atoms with Gasteiger partial charge in [-0.05, 0) is 12.8 Å². The van der Waals surface area contributed by atoms with E-state index in [1.165, 1.54) is 0 Å². The molecule has 1 rings (SSSR count). The summed E-state index contributed by atoms with van der Waals surface area (Å²) in [5.41, 5.74) is 0. The van der Waals surface area contributed by atoms with E-state index in [4.69, 9.17) is 4.74 Å². The van der Waals surface area contributed by atoms with Crippen molar-refractivity contribution in [3.8, 4) is 0 Å². The van der Waals surface area contributed by atoms with Crippen molar-refractivity contribution in [2.75, 3.05) is 60.5 Å². The molecule has 0 aliphatic carbocycles. The Morgan fingerprint density at radius 2 is 2.08 bits per heavy atom. The average Bonchev–Trinajstić information content (AvgIpc) is 2.56. The fourth-order valence-corrected chi connectivity index (χ4v) is 2.32. The van der Waals surface area contributed by atoms with Crippen LogP contribution < -0.4 is 10.6 Å². The number of ether oxygens (including phenoxy) is 1. The van der Waals surface area contributed by atoms with Crippen LogP contribution in [0.5, 0.6) is 0 Å². The van der Waals surface area contributed by atoms with Crippen LogP contribution in [0.3, 0.4) is 0 Å². The van der Waals surface area contributed by atoms with Crippen molar-refractivity contribution in [2.24, 2.45) is 4.99 Å². The maximum Gasteiger partial charge on any atom is 0.243 e. The number of aliphatic imine (C=N–C) groups is 1. The van der Waals surface area contributed by atoms with Gasteiger partial charge in [-0.25, -0.2) is 4.99 Å². The van der Waals surface area contributed by atoms with E-state index >= 15 is 0 Å². The van der Waals surface area contributed by atoms with Crippen LogP contribution in [0.15, 0.2) is 17.6 Å². The minimum Gasteiger partial charge on any atom is -0.383 e. The van der Waals surface area contributed by atoms with Crippen molar-refractivity contribution < 1.29 is 9.53 Å². The first-order valence-corrected chi connectivity index (χ1v) is 8.14. The van der Waals surface area contributed by atoms with Gasteiger partial charge in [-0.15, -0.1) is 30.6 Å². The van der Waals surface area contributed by atoms with E-state index < -0.39 is 0 Å². The van der Waals surface area contributed by atoms with Crippen molar-refractivity contribution in [2.45, 2.75) is 18.9 Å². The number of piperidine rings is 1. The molecule has 0 saturated carbocycles. The molecule has 0 bridgehead atoms. The molecular formula is C16H32IN5O2. The minimum atomic E-state index is -0.0147. The second kappa shape index (κ2) is 13.4. The number of carbonyl (C=O) groups excluding carboxylic acids is 1. The lowest BCUT2D eigenvalue weighted by Crippen LogP contribution is -2.49. The molecule has 1 aliphatic heterocycles. The van der Waals surface area contributed by atoms with Gasteiger partial charge in [0.15, 0.2) is 5.96 Å². The first kappa shape index (κ1) is 23.1. The molecule has 1 amide bonds. The Morgan fingerprint density at radius 3 is 2.62 bits per heavy atom. The number of likely N-dealkylation sites (N-methyl/N-ethyl adjacent to an activating group) is 1. The lowest BCUT2D eigenvalue weighted by molar-refractivity contribution is -0.127. The molecule has 0 unspecified atom stereocenters. The lowest BCUT2D eigenvalue weighted by atomic mass is 10.1. The van der Waals surface area contributed by atoms with Gasteiger partial charge >= 0.3 is 0 Å². The number of rotatable bonds is 8. The number of hydrogen-bond acceptors (Lipinski definition) is 4. The van der Waals surface area contributed by atoms with Gasteiger partial charge in [-0.2, -0.15) is 0 Å². The zero-order valence-electron chi connectivity index (χ0n) is 15.1. The summed E-state index contributed by atoms with van der Waals surface area (Å²) in [6, 6.07) is 0.374. The molecule has 0 aromatic carbocycles. The zero-order chi connectivity index (χ0) is 17.1. The monoisotopic (exact) mass is 453 g/mol. The van der Waals surface area contributed by atoms with Crippen LogP contribution in [0.1, 0.15) is 12.8 Å². The van der Waals surface area contributed by atoms with Crippen LogP contribution in [0.25, 0.3) is 0 Å². The van der Waals surface area contributed by atoms with E-state index in [0.29, 0.717) is 18.5 Å². The van der Waals surface area contributed by atoms with E-state index in [0.717, 1.165) is 39.1 Å². The normalized spacial score (nSPS) is 16.2. The molecule has 8 heteroatoms. The SMILES string of the molecule is C=CCNC(=NCC(=O)N(C)C)NC1CCN(CCOC)CC1.I. The number of amides is 1. The average molecular weight is 453 g/mol. The molecule has 0 radical (unpaired) electrons. The first-order chi connectivity index (χ1) is 11.1. The summed E-state index contributed by atoms with van der Waals surface area (Å²) in [5.74, 6) is 0.662. The molecule has 2 N–H and O–H groups in total. The Balaban J connectivity index is 0.00000529. The van der Waals surface area contributed by atoms with Gasteiger partial charge in [-0.3, -0.25) is 4.79 Å². The number of methoxy groups -OCH3 is 1. The number of carbonyl (C=O) groups is 1. The van der Waals surface area contributed by atoms with Crippen LogP contribution in [-0.2, 0) is 9.53 Å². The maximum absolute atomic E-state index is 11.7. The fraction of sp³-hybridized carbons (Fsp3) is 0.750. The molecule has 7 nitrogen and oxygen atoms in total. The predicted octanol–water partition coefficient (Wildman–Crippen LogP) is 0.525. The Kier molecular flexibility index (Phi) is 12.9. The highest BCUT2D eigenvalue weighted by Crippen LogP contribution is 2.09. The molecule has 0 spiro atoms. The summed E-state index contributed by atoms with van der Waals surface area (Å²) >= 11 is 0. The number of nitrogens with one attached hydrogen (secondary N) is 2. The standard InChI is InChI=1S/C16H31N5O2.HI/c1-5-8-17-16(18-13-15(22)20(2)3)19-14-6-9-21(10-7-14)11-12-23-4;/h5,14H,1,6-13H2,2-4H3,(H2,17,18,19);1H. The highest BCUT2D eigenvalue weighted by molar-refractivity contribution is 14.0. The third-order valence-corrected chi connectivity index (χ3v) is 3.83. The Hall–Kier alpha value is -0.870. The number of likely N-dealkylation sites (tertiary alicyclic amines) is 1. The Bertz CT molecular complexity index is 396. The summed E-state index contributed by atoms with van der Waals surface area (Å²) in [6.07, 6.45) is 3.89. The van der Waals surface area contributed by atoms with Crippen LogP contribution in [0.4, 0.5) is 0 Å². The largest absolute Gasteiger partial charge is 0.383 e. The summed E-state index contributed by atoms with van der Waals surface area (Å²) in [5, 5.41) is 6.60. The quantitative estimate of drug-likeness (QED) is 0.243. The van der Waals surface area contributed by atoms with Gasteiger partial charge in [0.25, 0.3) is 0 Å². The molecule has 1 saturated heterocycles. The molecule has 140 valence electrons. The van der Waals surface area contributed by atoms with Crippen molar-refractivity contribution in [3.05, 3.63) is 12.7 Å². The van der Waals surface area contributed by atoms with Crippen LogP contribution in [0.2, 0.25) is 0 Å². The van der Waals surface area contributed by atoms with Crippen molar-refractivity contribution in [1.82, 2.24) is 20.4 Å². The smallest absolute Gasteiger partial charge is 0.243 e. The molecule has 0 aromatic heterocycles. The molecular weight excluding hydrogens is 421 g/mol. The second-order valence-electron chi connectivity index (χ2n) is 5.88. The van der Waals surface area contributed by atoms with Crippen LogP contribution in [-0.4, -0.2) is 88.2 Å². The maximum atomic E-state index is 11.7. The third kappa shape index (κ3) is 9.43. The van der Waals surface area contributed by atoms with Gasteiger partial charge in [0.2, 0.25) is 5.91 Å². The van der Waals surface area contributed by atoms with E-state index in [1.807, 2.05) is 0 Å².